The summed E-state index contributed by atoms with van der Waals surface area (Å²) < 4.78 is 40.8. The van der Waals surface area contributed by atoms with Crippen molar-refractivity contribution in [3.05, 3.63) is 21.1 Å². The van der Waals surface area contributed by atoms with Gasteiger partial charge < -0.3 is 4.74 Å². The third-order valence-corrected chi connectivity index (χ3v) is 3.21. The summed E-state index contributed by atoms with van der Waals surface area (Å²) in [5.74, 6) is 0.206. The van der Waals surface area contributed by atoms with Crippen LogP contribution >= 0.6 is 27.5 Å². The Bertz CT molecular complexity index is 426. The van der Waals surface area contributed by atoms with E-state index in [1.165, 1.54) is 0 Å². The van der Waals surface area contributed by atoms with Crippen LogP contribution in [0.5, 0.6) is 0 Å². The highest BCUT2D eigenvalue weighted by molar-refractivity contribution is 9.10. The van der Waals surface area contributed by atoms with E-state index in [4.69, 9.17) is 11.6 Å². The third-order valence-electron chi connectivity index (χ3n) is 1.93. The standard InChI is InChI=1S/C10H11BrClF3N2O/c1-5(2)8-7(11)9(12)17-6(16-8)3-18-4-10(13,14)15/h5H,3-4H2,1-2H3. The van der Waals surface area contributed by atoms with Gasteiger partial charge in [-0.3, -0.25) is 0 Å². The molecule has 0 bridgehead atoms. The lowest BCUT2D eigenvalue weighted by Crippen LogP contribution is -2.17. The van der Waals surface area contributed by atoms with E-state index < -0.39 is 12.8 Å². The minimum absolute atomic E-state index is 0.0706. The van der Waals surface area contributed by atoms with Gasteiger partial charge in [0.1, 0.15) is 18.4 Å². The molecule has 8 heteroatoms. The first-order chi connectivity index (χ1) is 8.20. The summed E-state index contributed by atoms with van der Waals surface area (Å²) in [7, 11) is 0. The number of ether oxygens (including phenoxy) is 1. The predicted octanol–water partition coefficient (Wildman–Crippen LogP) is 4.09. The topological polar surface area (TPSA) is 35.0 Å². The lowest BCUT2D eigenvalue weighted by Gasteiger charge is -2.11. The van der Waals surface area contributed by atoms with E-state index in [0.29, 0.717) is 10.2 Å². The molecular weight excluding hydrogens is 336 g/mol. The Morgan fingerprint density at radius 2 is 1.94 bits per heavy atom. The fourth-order valence-electron chi connectivity index (χ4n) is 1.19. The minimum Gasteiger partial charge on any atom is -0.364 e. The number of hydrogen-bond donors (Lipinski definition) is 0. The highest BCUT2D eigenvalue weighted by Gasteiger charge is 2.27. The van der Waals surface area contributed by atoms with Gasteiger partial charge in [-0.05, 0) is 21.8 Å². The van der Waals surface area contributed by atoms with Gasteiger partial charge in [-0.2, -0.15) is 13.2 Å². The molecule has 0 saturated heterocycles. The Morgan fingerprint density at radius 3 is 2.44 bits per heavy atom. The van der Waals surface area contributed by atoms with E-state index in [2.05, 4.69) is 30.6 Å². The van der Waals surface area contributed by atoms with Crippen LogP contribution < -0.4 is 0 Å². The van der Waals surface area contributed by atoms with Crippen molar-refractivity contribution in [1.29, 1.82) is 0 Å². The van der Waals surface area contributed by atoms with Gasteiger partial charge >= 0.3 is 6.18 Å². The summed E-state index contributed by atoms with van der Waals surface area (Å²) in [6.45, 7) is 2.13. The van der Waals surface area contributed by atoms with Gasteiger partial charge in [0.25, 0.3) is 0 Å². The van der Waals surface area contributed by atoms with Crippen molar-refractivity contribution in [3.8, 4) is 0 Å². The first-order valence-electron chi connectivity index (χ1n) is 5.07. The van der Waals surface area contributed by atoms with Gasteiger partial charge in [0, 0.05) is 0 Å². The van der Waals surface area contributed by atoms with Gasteiger partial charge in [-0.25, -0.2) is 9.97 Å². The average molecular weight is 348 g/mol. The molecule has 1 heterocycles. The minimum atomic E-state index is -4.36. The van der Waals surface area contributed by atoms with Crippen molar-refractivity contribution >= 4 is 27.5 Å². The molecule has 0 aliphatic rings. The van der Waals surface area contributed by atoms with Crippen LogP contribution in [-0.2, 0) is 11.3 Å². The van der Waals surface area contributed by atoms with Crippen LogP contribution in [0.1, 0.15) is 31.3 Å². The van der Waals surface area contributed by atoms with Gasteiger partial charge in [-0.15, -0.1) is 0 Å². The molecule has 1 rings (SSSR count). The predicted molar refractivity (Wildman–Crippen MR) is 64.5 cm³/mol. The molecule has 0 atom stereocenters. The normalized spacial score (nSPS) is 12.2. The molecule has 0 amide bonds. The zero-order chi connectivity index (χ0) is 13.9. The zero-order valence-electron chi connectivity index (χ0n) is 9.68. The third kappa shape index (κ3) is 4.70. The molecule has 0 saturated carbocycles. The van der Waals surface area contributed by atoms with Gasteiger partial charge in [0.15, 0.2) is 5.82 Å². The Morgan fingerprint density at radius 1 is 1.33 bits per heavy atom. The van der Waals surface area contributed by atoms with Gasteiger partial charge in [0.2, 0.25) is 0 Å². The molecule has 0 N–H and O–H groups in total. The number of nitrogens with zero attached hydrogens (tertiary/aromatic N) is 2. The molecule has 3 nitrogen and oxygen atoms in total. The molecule has 18 heavy (non-hydrogen) atoms. The van der Waals surface area contributed by atoms with E-state index in [1.54, 1.807) is 0 Å². The molecule has 0 aromatic carbocycles. The molecule has 1 aromatic rings. The summed E-state index contributed by atoms with van der Waals surface area (Å²) >= 11 is 9.09. The second kappa shape index (κ2) is 6.16. The SMILES string of the molecule is CC(C)c1nc(COCC(F)(F)F)nc(Cl)c1Br. The monoisotopic (exact) mass is 346 g/mol. The van der Waals surface area contributed by atoms with Crippen molar-refractivity contribution in [2.75, 3.05) is 6.61 Å². The summed E-state index contributed by atoms with van der Waals surface area (Å²) in [5.41, 5.74) is 0.639. The maximum absolute atomic E-state index is 11.9. The number of aromatic nitrogens is 2. The van der Waals surface area contributed by atoms with Crippen molar-refractivity contribution in [2.24, 2.45) is 0 Å². The molecule has 0 radical (unpaired) electrons. The molecule has 1 aromatic heterocycles. The fourth-order valence-corrected chi connectivity index (χ4v) is 2.02. The highest BCUT2D eigenvalue weighted by atomic mass is 79.9. The molecule has 0 aliphatic heterocycles. The van der Waals surface area contributed by atoms with Crippen LogP contribution in [0, 0.1) is 0 Å². The average Bonchev–Trinajstić information content (AvgIpc) is 2.20. The lowest BCUT2D eigenvalue weighted by atomic mass is 10.1. The van der Waals surface area contributed by atoms with Crippen molar-refractivity contribution in [3.63, 3.8) is 0 Å². The van der Waals surface area contributed by atoms with Crippen LogP contribution in [-0.4, -0.2) is 22.8 Å². The fraction of sp³-hybridized carbons (Fsp3) is 0.600. The Hall–Kier alpha value is -0.400. The second-order valence-corrected chi connectivity index (χ2v) is 5.04. The largest absolute Gasteiger partial charge is 0.411 e. The first-order valence-corrected chi connectivity index (χ1v) is 6.24. The maximum Gasteiger partial charge on any atom is 0.411 e. The molecule has 0 unspecified atom stereocenters. The number of alkyl halides is 3. The van der Waals surface area contributed by atoms with Crippen LogP contribution in [0.15, 0.2) is 4.47 Å². The van der Waals surface area contributed by atoms with Crippen LogP contribution in [0.25, 0.3) is 0 Å². The summed E-state index contributed by atoms with van der Waals surface area (Å²) in [6, 6.07) is 0. The Labute approximate surface area is 116 Å². The summed E-state index contributed by atoms with van der Waals surface area (Å²) in [4.78, 5) is 7.97. The van der Waals surface area contributed by atoms with E-state index >= 15 is 0 Å². The summed E-state index contributed by atoms with van der Waals surface area (Å²) in [6.07, 6.45) is -4.36. The maximum atomic E-state index is 11.9. The van der Waals surface area contributed by atoms with E-state index in [1.807, 2.05) is 13.8 Å². The van der Waals surface area contributed by atoms with E-state index in [9.17, 15) is 13.2 Å². The number of halogens is 5. The number of hydrogen-bond acceptors (Lipinski definition) is 3. The van der Waals surface area contributed by atoms with Crippen LogP contribution in [0.4, 0.5) is 13.2 Å². The van der Waals surface area contributed by atoms with Gasteiger partial charge in [-0.1, -0.05) is 25.4 Å². The van der Waals surface area contributed by atoms with Crippen LogP contribution in [0.2, 0.25) is 5.15 Å². The van der Waals surface area contributed by atoms with E-state index in [-0.39, 0.29) is 23.5 Å². The Kier molecular flexibility index (Phi) is 5.36. The molecule has 0 aliphatic carbocycles. The van der Waals surface area contributed by atoms with Crippen molar-refractivity contribution in [1.82, 2.24) is 9.97 Å². The molecular formula is C10H11BrClF3N2O. The van der Waals surface area contributed by atoms with Gasteiger partial charge in [0.05, 0.1) is 10.2 Å². The van der Waals surface area contributed by atoms with E-state index in [0.717, 1.165) is 0 Å². The molecule has 0 spiro atoms. The second-order valence-electron chi connectivity index (χ2n) is 3.89. The summed E-state index contributed by atoms with van der Waals surface area (Å²) in [5, 5.41) is 0.166. The molecule has 0 fully saturated rings. The first kappa shape index (κ1) is 15.7. The van der Waals surface area contributed by atoms with Crippen LogP contribution in [0.3, 0.4) is 0 Å². The molecule has 102 valence electrons. The Balaban J connectivity index is 2.78. The van der Waals surface area contributed by atoms with Crippen molar-refractivity contribution < 1.29 is 17.9 Å². The lowest BCUT2D eigenvalue weighted by molar-refractivity contribution is -0.177. The highest BCUT2D eigenvalue weighted by Crippen LogP contribution is 2.28. The zero-order valence-corrected chi connectivity index (χ0v) is 12.0. The van der Waals surface area contributed by atoms with Crippen molar-refractivity contribution in [2.45, 2.75) is 32.5 Å². The smallest absolute Gasteiger partial charge is 0.364 e. The quantitative estimate of drug-likeness (QED) is 0.769. The number of rotatable bonds is 4.